The Balaban J connectivity index is 2.13. The van der Waals surface area contributed by atoms with E-state index in [0.29, 0.717) is 18.4 Å². The molecule has 0 aliphatic heterocycles. The van der Waals surface area contributed by atoms with Gasteiger partial charge in [0.25, 0.3) is 0 Å². The average Bonchev–Trinajstić information content (AvgIpc) is 2.99. The molecule has 76 valence electrons. The molecule has 0 unspecified atom stereocenters. The predicted molar refractivity (Wildman–Crippen MR) is 53.9 cm³/mol. The molecule has 0 radical (unpaired) electrons. The molecule has 1 aromatic heterocycles. The summed E-state index contributed by atoms with van der Waals surface area (Å²) >= 11 is 0. The molecule has 1 aromatic rings. The minimum absolute atomic E-state index is 0.141. The van der Waals surface area contributed by atoms with Crippen molar-refractivity contribution in [1.29, 1.82) is 0 Å². The van der Waals surface area contributed by atoms with Crippen LogP contribution in [0.5, 0.6) is 0 Å². The van der Waals surface area contributed by atoms with Gasteiger partial charge < -0.3 is 15.7 Å². The Morgan fingerprint density at radius 1 is 1.43 bits per heavy atom. The maximum absolute atomic E-state index is 8.91. The minimum atomic E-state index is 0.141. The van der Waals surface area contributed by atoms with Gasteiger partial charge in [-0.25, -0.2) is 9.97 Å². The average molecular weight is 194 g/mol. The van der Waals surface area contributed by atoms with Crippen molar-refractivity contribution in [2.45, 2.75) is 18.9 Å². The first kappa shape index (κ1) is 9.21. The summed E-state index contributed by atoms with van der Waals surface area (Å²) in [7, 11) is 0. The van der Waals surface area contributed by atoms with Gasteiger partial charge in [0.2, 0.25) is 0 Å². The van der Waals surface area contributed by atoms with Gasteiger partial charge in [-0.15, -0.1) is 0 Å². The Hall–Kier alpha value is -1.36. The summed E-state index contributed by atoms with van der Waals surface area (Å²) < 4.78 is 0. The van der Waals surface area contributed by atoms with Crippen LogP contribution in [-0.2, 0) is 0 Å². The molecule has 1 saturated carbocycles. The molecular formula is C9H14N4O. The normalized spacial score (nSPS) is 15.5. The third-order valence-electron chi connectivity index (χ3n) is 2.28. The summed E-state index contributed by atoms with van der Waals surface area (Å²) in [4.78, 5) is 10.2. The van der Waals surface area contributed by atoms with E-state index in [1.807, 2.05) is 0 Å². The third kappa shape index (κ3) is 1.93. The number of nitrogens with zero attached hydrogens (tertiary/aromatic N) is 3. The van der Waals surface area contributed by atoms with Crippen LogP contribution in [0.25, 0.3) is 0 Å². The third-order valence-corrected chi connectivity index (χ3v) is 2.28. The molecule has 1 heterocycles. The van der Waals surface area contributed by atoms with Crippen LogP contribution in [0.3, 0.4) is 0 Å². The van der Waals surface area contributed by atoms with Crippen molar-refractivity contribution in [3.63, 3.8) is 0 Å². The van der Waals surface area contributed by atoms with Crippen molar-refractivity contribution in [2.75, 3.05) is 23.8 Å². The number of anilines is 2. The summed E-state index contributed by atoms with van der Waals surface area (Å²) in [5.41, 5.74) is 5.45. The van der Waals surface area contributed by atoms with Crippen molar-refractivity contribution >= 4 is 11.6 Å². The van der Waals surface area contributed by atoms with Crippen LogP contribution in [0.2, 0.25) is 0 Å². The molecule has 2 rings (SSSR count). The fourth-order valence-electron chi connectivity index (χ4n) is 1.46. The van der Waals surface area contributed by atoms with Crippen LogP contribution in [0.15, 0.2) is 12.4 Å². The molecule has 5 heteroatoms. The zero-order chi connectivity index (χ0) is 9.97. The Morgan fingerprint density at radius 3 is 2.71 bits per heavy atom. The van der Waals surface area contributed by atoms with Gasteiger partial charge in [-0.2, -0.15) is 0 Å². The fourth-order valence-corrected chi connectivity index (χ4v) is 1.46. The van der Waals surface area contributed by atoms with Crippen molar-refractivity contribution in [3.05, 3.63) is 12.4 Å². The second-order valence-electron chi connectivity index (χ2n) is 3.45. The van der Waals surface area contributed by atoms with E-state index in [4.69, 9.17) is 10.8 Å². The smallest absolute Gasteiger partial charge is 0.147 e. The number of aliphatic hydroxyl groups is 1. The molecule has 0 aromatic carbocycles. The SMILES string of the molecule is Nc1cnc(N(CCO)C2CC2)cn1. The number of rotatable bonds is 4. The predicted octanol–water partition coefficient (Wildman–Crippen LogP) is 0.0199. The van der Waals surface area contributed by atoms with Gasteiger partial charge in [0.15, 0.2) is 0 Å². The van der Waals surface area contributed by atoms with Gasteiger partial charge in [-0.1, -0.05) is 0 Å². The molecule has 1 aliphatic rings. The van der Waals surface area contributed by atoms with Gasteiger partial charge in [0.05, 0.1) is 19.0 Å². The highest BCUT2D eigenvalue weighted by Crippen LogP contribution is 2.29. The number of aliphatic hydroxyl groups excluding tert-OH is 1. The molecule has 0 atom stereocenters. The second-order valence-corrected chi connectivity index (χ2v) is 3.45. The van der Waals surface area contributed by atoms with Gasteiger partial charge >= 0.3 is 0 Å². The van der Waals surface area contributed by atoms with Crippen LogP contribution in [0, 0.1) is 0 Å². The van der Waals surface area contributed by atoms with E-state index < -0.39 is 0 Å². The molecule has 0 amide bonds. The van der Waals surface area contributed by atoms with Crippen molar-refractivity contribution in [2.24, 2.45) is 0 Å². The monoisotopic (exact) mass is 194 g/mol. The van der Waals surface area contributed by atoms with E-state index in [2.05, 4.69) is 14.9 Å². The van der Waals surface area contributed by atoms with E-state index >= 15 is 0 Å². The summed E-state index contributed by atoms with van der Waals surface area (Å²) in [5, 5.41) is 8.91. The van der Waals surface area contributed by atoms with E-state index in [-0.39, 0.29) is 6.61 Å². The summed E-state index contributed by atoms with van der Waals surface area (Å²) in [6.07, 6.45) is 5.55. The van der Waals surface area contributed by atoms with Crippen LogP contribution in [0.1, 0.15) is 12.8 Å². The van der Waals surface area contributed by atoms with Gasteiger partial charge in [-0.05, 0) is 12.8 Å². The summed E-state index contributed by atoms with van der Waals surface area (Å²) in [6.45, 7) is 0.756. The van der Waals surface area contributed by atoms with Crippen molar-refractivity contribution in [1.82, 2.24) is 9.97 Å². The number of hydrogen-bond donors (Lipinski definition) is 2. The molecule has 5 nitrogen and oxygen atoms in total. The Morgan fingerprint density at radius 2 is 2.21 bits per heavy atom. The van der Waals surface area contributed by atoms with Crippen molar-refractivity contribution in [3.8, 4) is 0 Å². The maximum atomic E-state index is 8.91. The lowest BCUT2D eigenvalue weighted by molar-refractivity contribution is 0.301. The van der Waals surface area contributed by atoms with Gasteiger partial charge in [0.1, 0.15) is 11.6 Å². The van der Waals surface area contributed by atoms with Crippen LogP contribution < -0.4 is 10.6 Å². The lowest BCUT2D eigenvalue weighted by Gasteiger charge is -2.21. The number of hydrogen-bond acceptors (Lipinski definition) is 5. The molecule has 14 heavy (non-hydrogen) atoms. The highest BCUT2D eigenvalue weighted by Gasteiger charge is 2.29. The molecule has 1 aliphatic carbocycles. The van der Waals surface area contributed by atoms with E-state index in [9.17, 15) is 0 Å². The Kier molecular flexibility index (Phi) is 2.49. The number of nitrogens with two attached hydrogens (primary N) is 1. The molecule has 0 saturated heterocycles. The lowest BCUT2D eigenvalue weighted by Crippen LogP contribution is -2.29. The van der Waals surface area contributed by atoms with E-state index in [1.165, 1.54) is 12.8 Å². The van der Waals surface area contributed by atoms with Crippen LogP contribution in [-0.4, -0.2) is 34.3 Å². The molecule has 0 spiro atoms. The maximum Gasteiger partial charge on any atom is 0.147 e. The molecular weight excluding hydrogens is 180 g/mol. The summed E-state index contributed by atoms with van der Waals surface area (Å²) in [6, 6.07) is 0.528. The minimum Gasteiger partial charge on any atom is -0.395 e. The van der Waals surface area contributed by atoms with Crippen LogP contribution in [0.4, 0.5) is 11.6 Å². The second kappa shape index (κ2) is 3.79. The largest absolute Gasteiger partial charge is 0.395 e. The molecule has 3 N–H and O–H groups in total. The van der Waals surface area contributed by atoms with Crippen LogP contribution >= 0.6 is 0 Å². The first-order chi connectivity index (χ1) is 6.81. The summed E-state index contributed by atoms with van der Waals surface area (Å²) in [5.74, 6) is 1.23. The zero-order valence-corrected chi connectivity index (χ0v) is 7.93. The first-order valence-corrected chi connectivity index (χ1v) is 4.76. The Labute approximate surface area is 82.6 Å². The standard InChI is InChI=1S/C9H14N4O/c10-8-5-12-9(6-11-8)13(3-4-14)7-1-2-7/h5-7,14H,1-4H2,(H2,10,11). The topological polar surface area (TPSA) is 75.3 Å². The first-order valence-electron chi connectivity index (χ1n) is 4.76. The number of aromatic nitrogens is 2. The molecule has 0 bridgehead atoms. The molecule has 1 fully saturated rings. The fraction of sp³-hybridized carbons (Fsp3) is 0.556. The zero-order valence-electron chi connectivity index (χ0n) is 7.93. The lowest BCUT2D eigenvalue weighted by atomic mass is 10.4. The van der Waals surface area contributed by atoms with E-state index in [1.54, 1.807) is 12.4 Å². The Bertz CT molecular complexity index is 296. The highest BCUT2D eigenvalue weighted by molar-refractivity contribution is 5.41. The number of nitrogen functional groups attached to an aromatic ring is 1. The van der Waals surface area contributed by atoms with E-state index in [0.717, 1.165) is 5.82 Å². The quantitative estimate of drug-likeness (QED) is 0.706. The van der Waals surface area contributed by atoms with Gasteiger partial charge in [0, 0.05) is 12.6 Å². The van der Waals surface area contributed by atoms with Gasteiger partial charge in [-0.3, -0.25) is 0 Å². The highest BCUT2D eigenvalue weighted by atomic mass is 16.3. The van der Waals surface area contributed by atoms with Crippen molar-refractivity contribution < 1.29 is 5.11 Å².